The van der Waals surface area contributed by atoms with Crippen LogP contribution in [-0.4, -0.2) is 33.8 Å². The maximum Gasteiger partial charge on any atom is 0.494 e. The Balaban J connectivity index is 2.40. The lowest BCUT2D eigenvalue weighted by Gasteiger charge is -2.32. The van der Waals surface area contributed by atoms with Gasteiger partial charge in [-0.3, -0.25) is 0 Å². The Morgan fingerprint density at radius 3 is 2.10 bits per heavy atom. The minimum Gasteiger partial charge on any atom is -0.495 e. The second-order valence-electron chi connectivity index (χ2n) is 5.94. The molecular formula is C13H18BFO5S. The average Bonchev–Trinajstić information content (AvgIpc) is 2.56. The van der Waals surface area contributed by atoms with Crippen LogP contribution in [0.25, 0.3) is 0 Å². The normalized spacial score (nSPS) is 20.6. The molecule has 0 radical (unpaired) electrons. The van der Waals surface area contributed by atoms with Crippen LogP contribution in [0.15, 0.2) is 23.1 Å². The van der Waals surface area contributed by atoms with Gasteiger partial charge in [-0.2, -0.15) is 8.42 Å². The lowest BCUT2D eigenvalue weighted by atomic mass is 9.79. The van der Waals surface area contributed by atoms with Crippen LogP contribution < -0.4 is 10.2 Å². The third-order valence-electron chi connectivity index (χ3n) is 3.98. The number of hydrogen-bond acceptors (Lipinski definition) is 5. The lowest BCUT2D eigenvalue weighted by Crippen LogP contribution is -2.41. The summed E-state index contributed by atoms with van der Waals surface area (Å²) in [6.07, 6.45) is 0. The molecule has 0 unspecified atom stereocenters. The number of halogens is 1. The van der Waals surface area contributed by atoms with E-state index in [4.69, 9.17) is 14.0 Å². The molecule has 0 atom stereocenters. The first-order valence-corrected chi connectivity index (χ1v) is 7.84. The van der Waals surface area contributed by atoms with E-state index in [-0.39, 0.29) is 5.75 Å². The molecule has 1 saturated heterocycles. The lowest BCUT2D eigenvalue weighted by molar-refractivity contribution is 0.00578. The van der Waals surface area contributed by atoms with Gasteiger partial charge in [0, 0.05) is 0 Å². The van der Waals surface area contributed by atoms with Crippen molar-refractivity contribution in [2.24, 2.45) is 0 Å². The van der Waals surface area contributed by atoms with Gasteiger partial charge in [0.15, 0.2) is 0 Å². The third-order valence-corrected chi connectivity index (χ3v) is 4.84. The molecule has 0 N–H and O–H groups in total. The molecule has 0 saturated carbocycles. The molecule has 1 fully saturated rings. The molecule has 1 aromatic rings. The molecule has 1 heterocycles. The van der Waals surface area contributed by atoms with E-state index in [0.29, 0.717) is 5.46 Å². The van der Waals surface area contributed by atoms with Gasteiger partial charge in [0.25, 0.3) is 0 Å². The summed E-state index contributed by atoms with van der Waals surface area (Å²) in [6.45, 7) is 7.63. The minimum atomic E-state index is -4.84. The van der Waals surface area contributed by atoms with Gasteiger partial charge in [0.05, 0.1) is 18.3 Å². The average molecular weight is 316 g/mol. The number of hydrogen-bond donors (Lipinski definition) is 0. The van der Waals surface area contributed by atoms with Crippen molar-refractivity contribution in [3.05, 3.63) is 18.2 Å². The Bertz CT molecular complexity index is 641. The molecule has 8 heteroatoms. The van der Waals surface area contributed by atoms with E-state index in [9.17, 15) is 12.3 Å². The summed E-state index contributed by atoms with van der Waals surface area (Å²) in [7, 11) is -4.23. The van der Waals surface area contributed by atoms with Crippen LogP contribution in [0.2, 0.25) is 0 Å². The van der Waals surface area contributed by atoms with E-state index in [0.717, 1.165) is 6.07 Å². The maximum atomic E-state index is 13.2. The van der Waals surface area contributed by atoms with Gasteiger partial charge in [-0.25, -0.2) is 0 Å². The van der Waals surface area contributed by atoms with Crippen molar-refractivity contribution < 1.29 is 26.3 Å². The van der Waals surface area contributed by atoms with Gasteiger partial charge in [0.1, 0.15) is 10.6 Å². The molecule has 0 aromatic heterocycles. The van der Waals surface area contributed by atoms with Crippen molar-refractivity contribution in [3.8, 4) is 5.75 Å². The summed E-state index contributed by atoms with van der Waals surface area (Å²) in [6, 6.07) is 4.01. The first-order chi connectivity index (χ1) is 9.48. The highest BCUT2D eigenvalue weighted by Crippen LogP contribution is 2.37. The van der Waals surface area contributed by atoms with E-state index in [1.54, 1.807) is 0 Å². The van der Waals surface area contributed by atoms with Crippen LogP contribution in [-0.2, 0) is 19.5 Å². The van der Waals surface area contributed by atoms with Crippen molar-refractivity contribution in [3.63, 3.8) is 0 Å². The van der Waals surface area contributed by atoms with E-state index >= 15 is 0 Å². The molecule has 0 aliphatic carbocycles. The first kappa shape index (κ1) is 16.3. The summed E-state index contributed by atoms with van der Waals surface area (Å²) in [4.78, 5) is -0.509. The molecule has 0 bridgehead atoms. The highest BCUT2D eigenvalue weighted by molar-refractivity contribution is 7.86. The summed E-state index contributed by atoms with van der Waals surface area (Å²) in [5.41, 5.74) is -0.469. The van der Waals surface area contributed by atoms with Crippen LogP contribution in [0.1, 0.15) is 27.7 Å². The molecular weight excluding hydrogens is 298 g/mol. The Labute approximate surface area is 124 Å². The van der Waals surface area contributed by atoms with Crippen LogP contribution >= 0.6 is 0 Å². The van der Waals surface area contributed by atoms with Crippen LogP contribution in [0.3, 0.4) is 0 Å². The molecule has 0 spiro atoms. The van der Waals surface area contributed by atoms with Gasteiger partial charge < -0.3 is 14.0 Å². The highest BCUT2D eigenvalue weighted by Gasteiger charge is 2.51. The van der Waals surface area contributed by atoms with Crippen LogP contribution in [0.4, 0.5) is 3.89 Å². The Kier molecular flexibility index (Phi) is 3.84. The Morgan fingerprint density at radius 1 is 1.14 bits per heavy atom. The second kappa shape index (κ2) is 4.96. The van der Waals surface area contributed by atoms with E-state index < -0.39 is 33.4 Å². The van der Waals surface area contributed by atoms with Gasteiger partial charge in [-0.1, -0.05) is 6.07 Å². The van der Waals surface area contributed by atoms with E-state index in [1.807, 2.05) is 27.7 Å². The summed E-state index contributed by atoms with van der Waals surface area (Å²) >= 11 is 0. The minimum absolute atomic E-state index is 0.0790. The van der Waals surface area contributed by atoms with Gasteiger partial charge >= 0.3 is 17.3 Å². The van der Waals surface area contributed by atoms with E-state index in [1.165, 1.54) is 19.2 Å². The SMILES string of the molecule is COc1cc(B2OC(C)(C)C(C)(C)O2)ccc1S(=O)(=O)F. The van der Waals surface area contributed by atoms with Crippen molar-refractivity contribution in [2.75, 3.05) is 7.11 Å². The molecule has 116 valence electrons. The van der Waals surface area contributed by atoms with Crippen molar-refractivity contribution >= 4 is 22.8 Å². The number of ether oxygens (including phenoxy) is 1. The van der Waals surface area contributed by atoms with Crippen molar-refractivity contribution in [1.82, 2.24) is 0 Å². The molecule has 1 aliphatic rings. The zero-order valence-corrected chi connectivity index (χ0v) is 13.5. The fraction of sp³-hybridized carbons (Fsp3) is 0.538. The van der Waals surface area contributed by atoms with Gasteiger partial charge in [0.2, 0.25) is 0 Å². The van der Waals surface area contributed by atoms with Crippen molar-refractivity contribution in [1.29, 1.82) is 0 Å². The monoisotopic (exact) mass is 316 g/mol. The van der Waals surface area contributed by atoms with Gasteiger partial charge in [-0.05, 0) is 45.3 Å². The summed E-state index contributed by atoms with van der Waals surface area (Å²) in [5, 5.41) is 0. The predicted octanol–water partition coefficient (Wildman–Crippen LogP) is 1.65. The number of benzene rings is 1. The molecule has 5 nitrogen and oxygen atoms in total. The first-order valence-electron chi connectivity index (χ1n) is 6.46. The summed E-state index contributed by atoms with van der Waals surface area (Å²) < 4.78 is 51.9. The van der Waals surface area contributed by atoms with Gasteiger partial charge in [-0.15, -0.1) is 3.89 Å². The number of rotatable bonds is 3. The molecule has 1 aromatic carbocycles. The Morgan fingerprint density at radius 2 is 1.67 bits per heavy atom. The molecule has 2 rings (SSSR count). The standard InChI is InChI=1S/C13H18BFO5S/c1-12(2)13(3,4)20-14(19-12)9-6-7-11(21(15,16)17)10(8-9)18-5/h6-8H,1-5H3. The van der Waals surface area contributed by atoms with E-state index in [2.05, 4.69) is 0 Å². The third kappa shape index (κ3) is 2.93. The molecule has 1 aliphatic heterocycles. The largest absolute Gasteiger partial charge is 0.495 e. The Hall–Kier alpha value is -1.12. The zero-order chi connectivity index (χ0) is 16.1. The smallest absolute Gasteiger partial charge is 0.494 e. The maximum absolute atomic E-state index is 13.2. The fourth-order valence-corrected chi connectivity index (χ4v) is 2.62. The number of methoxy groups -OCH3 is 1. The van der Waals surface area contributed by atoms with Crippen LogP contribution in [0, 0.1) is 0 Å². The van der Waals surface area contributed by atoms with Crippen molar-refractivity contribution in [2.45, 2.75) is 43.8 Å². The fourth-order valence-electron chi connectivity index (χ4n) is 2.01. The predicted molar refractivity (Wildman–Crippen MR) is 77.0 cm³/mol. The molecule has 21 heavy (non-hydrogen) atoms. The van der Waals surface area contributed by atoms with Crippen LogP contribution in [0.5, 0.6) is 5.75 Å². The molecule has 0 amide bonds. The quantitative estimate of drug-likeness (QED) is 0.627. The topological polar surface area (TPSA) is 61.8 Å². The highest BCUT2D eigenvalue weighted by atomic mass is 32.3. The summed E-state index contributed by atoms with van der Waals surface area (Å²) in [5.74, 6) is -0.0790. The second-order valence-corrected chi connectivity index (χ2v) is 7.25. The zero-order valence-electron chi connectivity index (χ0n) is 12.6.